The molecule has 0 aliphatic heterocycles. The molecule has 0 atom stereocenters. The van der Waals surface area contributed by atoms with E-state index in [0.29, 0.717) is 42.3 Å². The Bertz CT molecular complexity index is 1090. The standard InChI is InChI=1S/C19H24N6O2/c1-4-10-24-17-14(18(26)25(11-5-2)19(24)27)22-16(23-17)13-8-6-12(7-9-13)15(20)21-3/h6-9H,4-5,10-11H2,1-3H3,(H2,20,21)(H,22,23). The molecule has 0 spiro atoms. The average molecular weight is 368 g/mol. The van der Waals surface area contributed by atoms with Gasteiger partial charge in [-0.2, -0.15) is 0 Å². The van der Waals surface area contributed by atoms with E-state index < -0.39 is 0 Å². The number of aryl methyl sites for hydroxylation is 1. The molecule has 0 radical (unpaired) electrons. The third-order valence-electron chi connectivity index (χ3n) is 4.45. The number of nitrogens with one attached hydrogen (secondary N) is 3. The number of amidine groups is 1. The summed E-state index contributed by atoms with van der Waals surface area (Å²) in [5.41, 5.74) is 1.63. The van der Waals surface area contributed by atoms with E-state index in [1.807, 2.05) is 38.1 Å². The molecule has 2 aromatic heterocycles. The van der Waals surface area contributed by atoms with Crippen molar-refractivity contribution in [3.05, 3.63) is 50.7 Å². The monoisotopic (exact) mass is 368 g/mol. The van der Waals surface area contributed by atoms with Crippen molar-refractivity contribution in [1.29, 1.82) is 5.41 Å². The normalized spacial score (nSPS) is 11.1. The summed E-state index contributed by atoms with van der Waals surface area (Å²) in [5.74, 6) is 0.855. The van der Waals surface area contributed by atoms with Crippen molar-refractivity contribution in [1.82, 2.24) is 24.4 Å². The fourth-order valence-electron chi connectivity index (χ4n) is 3.09. The Morgan fingerprint density at radius 2 is 1.74 bits per heavy atom. The number of fused-ring (bicyclic) bond motifs is 1. The van der Waals surface area contributed by atoms with Gasteiger partial charge in [0.05, 0.1) is 0 Å². The minimum absolute atomic E-state index is 0.313. The summed E-state index contributed by atoms with van der Waals surface area (Å²) >= 11 is 0. The van der Waals surface area contributed by atoms with Crippen LogP contribution in [0, 0.1) is 5.41 Å². The van der Waals surface area contributed by atoms with Gasteiger partial charge < -0.3 is 10.3 Å². The summed E-state index contributed by atoms with van der Waals surface area (Å²) in [7, 11) is 1.70. The van der Waals surface area contributed by atoms with Gasteiger partial charge in [0, 0.05) is 31.3 Å². The molecule has 3 rings (SSSR count). The van der Waals surface area contributed by atoms with Gasteiger partial charge in [0.15, 0.2) is 5.65 Å². The van der Waals surface area contributed by atoms with Crippen LogP contribution in [0.1, 0.15) is 32.3 Å². The number of aromatic nitrogens is 4. The number of nitrogens with zero attached hydrogens (tertiary/aromatic N) is 3. The van der Waals surface area contributed by atoms with Crippen LogP contribution >= 0.6 is 0 Å². The highest BCUT2D eigenvalue weighted by Gasteiger charge is 2.17. The van der Waals surface area contributed by atoms with Gasteiger partial charge in [-0.3, -0.25) is 19.3 Å². The van der Waals surface area contributed by atoms with Crippen LogP contribution in [0.5, 0.6) is 0 Å². The topological polar surface area (TPSA) is 109 Å². The highest BCUT2D eigenvalue weighted by molar-refractivity contribution is 5.96. The molecule has 8 heteroatoms. The van der Waals surface area contributed by atoms with Crippen molar-refractivity contribution in [2.45, 2.75) is 39.8 Å². The Hall–Kier alpha value is -3.16. The Morgan fingerprint density at radius 1 is 1.11 bits per heavy atom. The molecule has 1 aromatic carbocycles. The van der Waals surface area contributed by atoms with Crippen molar-refractivity contribution in [2.24, 2.45) is 0 Å². The Balaban J connectivity index is 2.18. The van der Waals surface area contributed by atoms with Crippen molar-refractivity contribution in [3.8, 4) is 11.4 Å². The predicted molar refractivity (Wildman–Crippen MR) is 107 cm³/mol. The van der Waals surface area contributed by atoms with E-state index in [2.05, 4.69) is 15.3 Å². The highest BCUT2D eigenvalue weighted by atomic mass is 16.2. The summed E-state index contributed by atoms with van der Waals surface area (Å²) in [5, 5.41) is 10.6. The summed E-state index contributed by atoms with van der Waals surface area (Å²) in [6.45, 7) is 4.80. The molecule has 0 saturated carbocycles. The average Bonchev–Trinajstić information content (AvgIpc) is 3.13. The number of H-pyrrole nitrogens is 1. The van der Waals surface area contributed by atoms with Gasteiger partial charge in [-0.1, -0.05) is 38.1 Å². The van der Waals surface area contributed by atoms with Gasteiger partial charge >= 0.3 is 5.69 Å². The van der Waals surface area contributed by atoms with Crippen molar-refractivity contribution >= 4 is 17.0 Å². The first-order valence-corrected chi connectivity index (χ1v) is 9.12. The summed E-state index contributed by atoms with van der Waals surface area (Å²) in [6, 6.07) is 7.31. The number of rotatable bonds is 6. The molecule has 8 nitrogen and oxygen atoms in total. The molecule has 0 saturated heterocycles. The first kappa shape index (κ1) is 18.6. The number of imidazole rings is 1. The van der Waals surface area contributed by atoms with E-state index in [1.165, 1.54) is 4.57 Å². The molecule has 142 valence electrons. The smallest absolute Gasteiger partial charge is 0.332 e. The fourth-order valence-corrected chi connectivity index (χ4v) is 3.09. The van der Waals surface area contributed by atoms with Crippen LogP contribution in [0.25, 0.3) is 22.6 Å². The maximum Gasteiger partial charge on any atom is 0.332 e. The van der Waals surface area contributed by atoms with Crippen LogP contribution in [0.15, 0.2) is 33.9 Å². The summed E-state index contributed by atoms with van der Waals surface area (Å²) in [6.07, 6.45) is 1.47. The minimum atomic E-state index is -0.337. The van der Waals surface area contributed by atoms with Gasteiger partial charge in [0.2, 0.25) is 0 Å². The Labute approximate surface area is 156 Å². The molecule has 3 aromatic rings. The van der Waals surface area contributed by atoms with Gasteiger partial charge in [0.1, 0.15) is 17.2 Å². The molecule has 0 unspecified atom stereocenters. The lowest BCUT2D eigenvalue weighted by atomic mass is 10.1. The second-order valence-corrected chi connectivity index (χ2v) is 6.38. The molecular weight excluding hydrogens is 344 g/mol. The van der Waals surface area contributed by atoms with Crippen LogP contribution in [-0.2, 0) is 13.1 Å². The lowest BCUT2D eigenvalue weighted by Gasteiger charge is -2.09. The van der Waals surface area contributed by atoms with E-state index in [0.717, 1.165) is 17.5 Å². The number of hydrogen-bond acceptors (Lipinski definition) is 4. The molecule has 2 heterocycles. The van der Waals surface area contributed by atoms with E-state index in [-0.39, 0.29) is 11.2 Å². The molecule has 27 heavy (non-hydrogen) atoms. The zero-order valence-electron chi connectivity index (χ0n) is 15.8. The number of benzene rings is 1. The molecule has 3 N–H and O–H groups in total. The van der Waals surface area contributed by atoms with E-state index in [4.69, 9.17) is 5.41 Å². The third-order valence-corrected chi connectivity index (χ3v) is 4.45. The maximum absolute atomic E-state index is 12.8. The van der Waals surface area contributed by atoms with Crippen LogP contribution in [0.4, 0.5) is 0 Å². The van der Waals surface area contributed by atoms with Gasteiger partial charge in [-0.15, -0.1) is 0 Å². The fraction of sp³-hybridized carbons (Fsp3) is 0.368. The van der Waals surface area contributed by atoms with E-state index in [1.54, 1.807) is 11.6 Å². The van der Waals surface area contributed by atoms with E-state index in [9.17, 15) is 9.59 Å². The second kappa shape index (κ2) is 7.61. The van der Waals surface area contributed by atoms with Crippen molar-refractivity contribution < 1.29 is 0 Å². The lowest BCUT2D eigenvalue weighted by Crippen LogP contribution is -2.40. The summed E-state index contributed by atoms with van der Waals surface area (Å²) < 4.78 is 2.84. The predicted octanol–water partition coefficient (Wildman–Crippen LogP) is 1.92. The molecule has 0 aliphatic rings. The zero-order valence-corrected chi connectivity index (χ0v) is 15.8. The summed E-state index contributed by atoms with van der Waals surface area (Å²) in [4.78, 5) is 33.1. The Morgan fingerprint density at radius 3 is 2.33 bits per heavy atom. The maximum atomic E-state index is 12.8. The van der Waals surface area contributed by atoms with Crippen molar-refractivity contribution in [3.63, 3.8) is 0 Å². The third kappa shape index (κ3) is 3.30. The number of aromatic amines is 1. The molecule has 0 amide bonds. The minimum Gasteiger partial charge on any atom is -0.373 e. The first-order valence-electron chi connectivity index (χ1n) is 9.12. The van der Waals surface area contributed by atoms with Gasteiger partial charge in [-0.25, -0.2) is 9.78 Å². The Kier molecular flexibility index (Phi) is 5.25. The highest BCUT2D eigenvalue weighted by Crippen LogP contribution is 2.19. The quantitative estimate of drug-likeness (QED) is 0.456. The molecular formula is C19H24N6O2. The van der Waals surface area contributed by atoms with Crippen molar-refractivity contribution in [2.75, 3.05) is 7.05 Å². The molecule has 0 fully saturated rings. The van der Waals surface area contributed by atoms with Gasteiger partial charge in [0.25, 0.3) is 5.56 Å². The largest absolute Gasteiger partial charge is 0.373 e. The lowest BCUT2D eigenvalue weighted by molar-refractivity contribution is 0.555. The van der Waals surface area contributed by atoms with Crippen LogP contribution in [0.3, 0.4) is 0 Å². The van der Waals surface area contributed by atoms with Crippen LogP contribution in [-0.4, -0.2) is 32.0 Å². The van der Waals surface area contributed by atoms with E-state index >= 15 is 0 Å². The number of hydrogen-bond donors (Lipinski definition) is 3. The molecule has 0 aliphatic carbocycles. The van der Waals surface area contributed by atoms with Crippen LogP contribution < -0.4 is 16.6 Å². The SMILES string of the molecule is CCCn1c(=O)c2[nH]c(-c3ccc(C(=N)NC)cc3)nc2n(CCC)c1=O. The van der Waals surface area contributed by atoms with Crippen LogP contribution in [0.2, 0.25) is 0 Å². The zero-order chi connectivity index (χ0) is 19.6. The second-order valence-electron chi connectivity index (χ2n) is 6.38. The first-order chi connectivity index (χ1) is 13.0. The van der Waals surface area contributed by atoms with Gasteiger partial charge in [-0.05, 0) is 12.8 Å². The molecule has 0 bridgehead atoms.